The number of para-hydroxylation sites is 2. The van der Waals surface area contributed by atoms with Crippen molar-refractivity contribution in [2.75, 3.05) is 19.0 Å². The number of nitrogens with zero attached hydrogens (tertiary/aromatic N) is 1. The maximum Gasteiger partial charge on any atom is 0.317 e. The zero-order valence-electron chi connectivity index (χ0n) is 19.3. The van der Waals surface area contributed by atoms with E-state index in [0.717, 1.165) is 16.3 Å². The Bertz CT molecular complexity index is 1320. The van der Waals surface area contributed by atoms with Crippen molar-refractivity contribution >= 4 is 28.9 Å². The molecule has 35 heavy (non-hydrogen) atoms. The Labute approximate surface area is 207 Å². The van der Waals surface area contributed by atoms with Crippen LogP contribution in [0.25, 0.3) is 10.6 Å². The van der Waals surface area contributed by atoms with Gasteiger partial charge < -0.3 is 19.5 Å². The van der Waals surface area contributed by atoms with Gasteiger partial charge in [0.25, 0.3) is 5.91 Å². The van der Waals surface area contributed by atoms with Crippen molar-refractivity contribution in [1.29, 1.82) is 0 Å². The van der Waals surface area contributed by atoms with Gasteiger partial charge in [0.1, 0.15) is 22.3 Å². The first-order valence-corrected chi connectivity index (χ1v) is 11.9. The number of amides is 1. The van der Waals surface area contributed by atoms with Crippen LogP contribution in [0.1, 0.15) is 23.0 Å². The van der Waals surface area contributed by atoms with Gasteiger partial charge in [0.15, 0.2) is 0 Å². The Morgan fingerprint density at radius 3 is 2.40 bits per heavy atom. The van der Waals surface area contributed by atoms with Gasteiger partial charge in [0.05, 0.1) is 37.0 Å². The molecule has 0 saturated heterocycles. The zero-order chi connectivity index (χ0) is 24.6. The lowest BCUT2D eigenvalue weighted by atomic mass is 10.2. The lowest BCUT2D eigenvalue weighted by Gasteiger charge is -2.10. The fourth-order valence-electron chi connectivity index (χ4n) is 3.39. The van der Waals surface area contributed by atoms with Gasteiger partial charge in [-0.1, -0.05) is 24.3 Å². The van der Waals surface area contributed by atoms with Crippen molar-refractivity contribution in [1.82, 2.24) is 4.98 Å². The van der Waals surface area contributed by atoms with E-state index in [1.807, 2.05) is 36.6 Å². The molecule has 1 aromatic heterocycles. The minimum absolute atomic E-state index is 0.0413. The van der Waals surface area contributed by atoms with E-state index >= 15 is 0 Å². The number of hydrogen-bond donors (Lipinski definition) is 1. The van der Waals surface area contributed by atoms with Crippen LogP contribution < -0.4 is 19.5 Å². The standard InChI is InChI=1S/C27H24N2O5S/c1-3-33-24-11-7-5-9-22(24)27-29-19(17-35-27)16-25(30)34-20-14-12-18(13-15-20)28-26(31)21-8-4-6-10-23(21)32-2/h4-15,17H,3,16H2,1-2H3,(H,28,31). The maximum atomic E-state index is 12.5. The molecule has 3 aromatic carbocycles. The number of aromatic nitrogens is 1. The molecule has 0 fully saturated rings. The van der Waals surface area contributed by atoms with Gasteiger partial charge in [-0.2, -0.15) is 0 Å². The number of hydrogen-bond acceptors (Lipinski definition) is 7. The number of carbonyl (C=O) groups is 2. The summed E-state index contributed by atoms with van der Waals surface area (Å²) in [6.45, 7) is 2.49. The number of rotatable bonds is 9. The monoisotopic (exact) mass is 488 g/mol. The molecule has 0 aliphatic rings. The second-order valence-electron chi connectivity index (χ2n) is 7.40. The molecule has 0 bridgehead atoms. The topological polar surface area (TPSA) is 86.8 Å². The second-order valence-corrected chi connectivity index (χ2v) is 8.26. The molecule has 7 nitrogen and oxygen atoms in total. The summed E-state index contributed by atoms with van der Waals surface area (Å²) >= 11 is 1.45. The lowest BCUT2D eigenvalue weighted by Crippen LogP contribution is -2.13. The molecule has 1 N–H and O–H groups in total. The molecule has 0 spiro atoms. The zero-order valence-corrected chi connectivity index (χ0v) is 20.1. The predicted molar refractivity (Wildman–Crippen MR) is 135 cm³/mol. The number of nitrogens with one attached hydrogen (secondary N) is 1. The Morgan fingerprint density at radius 1 is 0.943 bits per heavy atom. The minimum atomic E-state index is -0.425. The molecule has 0 aliphatic carbocycles. The van der Waals surface area contributed by atoms with Crippen molar-refractivity contribution < 1.29 is 23.8 Å². The molecule has 0 atom stereocenters. The maximum absolute atomic E-state index is 12.5. The van der Waals surface area contributed by atoms with Crippen LogP contribution in [0.15, 0.2) is 78.2 Å². The third kappa shape index (κ3) is 6.04. The highest BCUT2D eigenvalue weighted by molar-refractivity contribution is 7.13. The van der Waals surface area contributed by atoms with Crippen molar-refractivity contribution in [2.45, 2.75) is 13.3 Å². The Balaban J connectivity index is 1.35. The summed E-state index contributed by atoms with van der Waals surface area (Å²) < 4.78 is 16.3. The molecule has 8 heteroatoms. The highest BCUT2D eigenvalue weighted by Crippen LogP contribution is 2.32. The van der Waals surface area contributed by atoms with E-state index in [1.165, 1.54) is 18.4 Å². The Hall–Kier alpha value is -4.17. The largest absolute Gasteiger partial charge is 0.496 e. The summed E-state index contributed by atoms with van der Waals surface area (Å²) in [5, 5.41) is 5.43. The third-order valence-corrected chi connectivity index (χ3v) is 5.91. The molecule has 4 rings (SSSR count). The molecule has 0 saturated carbocycles. The van der Waals surface area contributed by atoms with Crippen molar-refractivity contribution in [3.63, 3.8) is 0 Å². The summed E-state index contributed by atoms with van der Waals surface area (Å²) in [6.07, 6.45) is 0.0413. The van der Waals surface area contributed by atoms with Crippen molar-refractivity contribution in [3.05, 3.63) is 89.4 Å². The van der Waals surface area contributed by atoms with Crippen LogP contribution in [-0.2, 0) is 11.2 Å². The first-order valence-electron chi connectivity index (χ1n) is 11.0. The summed E-state index contributed by atoms with van der Waals surface area (Å²) in [5.41, 5.74) is 2.52. The molecule has 0 radical (unpaired) electrons. The van der Waals surface area contributed by atoms with E-state index in [4.69, 9.17) is 14.2 Å². The van der Waals surface area contributed by atoms with E-state index in [1.54, 1.807) is 48.5 Å². The van der Waals surface area contributed by atoms with Crippen LogP contribution in [0.5, 0.6) is 17.2 Å². The normalized spacial score (nSPS) is 10.5. The van der Waals surface area contributed by atoms with Gasteiger partial charge >= 0.3 is 5.97 Å². The van der Waals surface area contributed by atoms with E-state index in [-0.39, 0.29) is 12.3 Å². The van der Waals surface area contributed by atoms with Gasteiger partial charge in [-0.25, -0.2) is 4.98 Å². The van der Waals surface area contributed by atoms with Gasteiger partial charge in [-0.3, -0.25) is 9.59 Å². The van der Waals surface area contributed by atoms with E-state index < -0.39 is 5.97 Å². The second kappa shape index (κ2) is 11.3. The van der Waals surface area contributed by atoms with Gasteiger partial charge in [-0.05, 0) is 55.5 Å². The van der Waals surface area contributed by atoms with Crippen LogP contribution in [0, 0.1) is 0 Å². The van der Waals surface area contributed by atoms with Gasteiger partial charge in [0, 0.05) is 11.1 Å². The van der Waals surface area contributed by atoms with E-state index in [0.29, 0.717) is 35.1 Å². The summed E-state index contributed by atoms with van der Waals surface area (Å²) in [5.74, 6) is 0.907. The minimum Gasteiger partial charge on any atom is -0.496 e. The number of anilines is 1. The molecule has 4 aromatic rings. The van der Waals surface area contributed by atoms with Gasteiger partial charge in [-0.15, -0.1) is 11.3 Å². The number of benzene rings is 3. The number of carbonyl (C=O) groups excluding carboxylic acids is 2. The number of methoxy groups -OCH3 is 1. The first kappa shape index (κ1) is 24.0. The van der Waals surface area contributed by atoms with Crippen LogP contribution >= 0.6 is 11.3 Å². The molecular formula is C27H24N2O5S. The van der Waals surface area contributed by atoms with Crippen LogP contribution in [0.2, 0.25) is 0 Å². The highest BCUT2D eigenvalue weighted by atomic mass is 32.1. The average molecular weight is 489 g/mol. The molecular weight excluding hydrogens is 464 g/mol. The number of thiazole rings is 1. The number of esters is 1. The molecule has 0 unspecified atom stereocenters. The van der Waals surface area contributed by atoms with Crippen molar-refractivity contribution in [3.8, 4) is 27.8 Å². The quantitative estimate of drug-likeness (QED) is 0.243. The van der Waals surface area contributed by atoms with Crippen LogP contribution in [-0.4, -0.2) is 30.6 Å². The first-order chi connectivity index (χ1) is 17.1. The Morgan fingerprint density at radius 2 is 1.66 bits per heavy atom. The lowest BCUT2D eigenvalue weighted by molar-refractivity contribution is -0.133. The SMILES string of the molecule is CCOc1ccccc1-c1nc(CC(=O)Oc2ccc(NC(=O)c3ccccc3OC)cc2)cs1. The summed E-state index contributed by atoms with van der Waals surface area (Å²) in [6, 6.07) is 21.2. The Kier molecular flexibility index (Phi) is 7.74. The third-order valence-electron chi connectivity index (χ3n) is 4.99. The highest BCUT2D eigenvalue weighted by Gasteiger charge is 2.15. The van der Waals surface area contributed by atoms with Crippen LogP contribution in [0.4, 0.5) is 5.69 Å². The fourth-order valence-corrected chi connectivity index (χ4v) is 4.24. The fraction of sp³-hybridized carbons (Fsp3) is 0.148. The summed E-state index contributed by atoms with van der Waals surface area (Å²) in [7, 11) is 1.52. The molecule has 0 aliphatic heterocycles. The average Bonchev–Trinajstić information content (AvgIpc) is 3.33. The predicted octanol–water partition coefficient (Wildman–Crippen LogP) is 5.62. The molecule has 178 valence electrons. The molecule has 1 heterocycles. The number of ether oxygens (including phenoxy) is 3. The summed E-state index contributed by atoms with van der Waals surface area (Å²) in [4.78, 5) is 29.6. The van der Waals surface area contributed by atoms with Gasteiger partial charge in [0.2, 0.25) is 0 Å². The van der Waals surface area contributed by atoms with E-state index in [9.17, 15) is 9.59 Å². The van der Waals surface area contributed by atoms with E-state index in [2.05, 4.69) is 10.3 Å². The smallest absolute Gasteiger partial charge is 0.317 e. The molecule has 1 amide bonds. The van der Waals surface area contributed by atoms with Crippen LogP contribution in [0.3, 0.4) is 0 Å². The van der Waals surface area contributed by atoms with Crippen molar-refractivity contribution in [2.24, 2.45) is 0 Å².